The molecule has 0 saturated heterocycles. The molecule has 0 aliphatic carbocycles. The molecule has 0 bridgehead atoms. The Bertz CT molecular complexity index is 346. The van der Waals surface area contributed by atoms with Gasteiger partial charge in [0.15, 0.2) is 0 Å². The molecule has 0 atom stereocenters. The number of carbonyl (C=O) groups excluding carboxylic acids is 1. The fourth-order valence-electron chi connectivity index (χ4n) is 1.15. The zero-order valence-corrected chi connectivity index (χ0v) is 13.3. The Morgan fingerprint density at radius 1 is 1.37 bits per heavy atom. The van der Waals surface area contributed by atoms with Crippen LogP contribution < -0.4 is 0 Å². The van der Waals surface area contributed by atoms with Crippen molar-refractivity contribution in [3.63, 3.8) is 0 Å². The largest absolute Gasteiger partial charge is 0.444 e. The van der Waals surface area contributed by atoms with Crippen LogP contribution >= 0.6 is 34.8 Å². The second-order valence-electron chi connectivity index (χ2n) is 4.83. The van der Waals surface area contributed by atoms with Crippen LogP contribution in [-0.4, -0.2) is 40.0 Å². The van der Waals surface area contributed by atoms with E-state index in [2.05, 4.69) is 10.0 Å². The van der Waals surface area contributed by atoms with Gasteiger partial charge in [-0.15, -0.1) is 0 Å². The van der Waals surface area contributed by atoms with Crippen molar-refractivity contribution in [3.8, 4) is 0 Å². The lowest BCUT2D eigenvalue weighted by Gasteiger charge is -2.29. The number of alkyl halides is 3. The summed E-state index contributed by atoms with van der Waals surface area (Å²) in [6.07, 6.45) is -0.107. The van der Waals surface area contributed by atoms with Crippen LogP contribution in [0.15, 0.2) is 5.11 Å². The summed E-state index contributed by atoms with van der Waals surface area (Å²) < 4.78 is 3.62. The van der Waals surface area contributed by atoms with Gasteiger partial charge in [-0.05, 0) is 32.7 Å². The zero-order chi connectivity index (χ0) is 15.1. The van der Waals surface area contributed by atoms with Crippen LogP contribution in [0.4, 0.5) is 4.79 Å². The first-order chi connectivity index (χ1) is 8.55. The standard InChI is InChI=1S/C10H17Cl3N4O2/c1-9(2,3)19-8(18)17(7-10(11,12)13)6-4-5-15-16-14/h4-7H2,1-3H3. The van der Waals surface area contributed by atoms with E-state index in [9.17, 15) is 4.79 Å². The van der Waals surface area contributed by atoms with Crippen molar-refractivity contribution < 1.29 is 9.53 Å². The maximum Gasteiger partial charge on any atom is 0.410 e. The summed E-state index contributed by atoms with van der Waals surface area (Å²) in [4.78, 5) is 15.8. The topological polar surface area (TPSA) is 78.3 Å². The maximum atomic E-state index is 11.9. The monoisotopic (exact) mass is 330 g/mol. The minimum Gasteiger partial charge on any atom is -0.444 e. The summed E-state index contributed by atoms with van der Waals surface area (Å²) in [6.45, 7) is 5.69. The lowest BCUT2D eigenvalue weighted by Crippen LogP contribution is -2.41. The fraction of sp³-hybridized carbons (Fsp3) is 0.900. The summed E-state index contributed by atoms with van der Waals surface area (Å²) in [6, 6.07) is 0. The van der Waals surface area contributed by atoms with Crippen LogP contribution in [0.2, 0.25) is 0 Å². The molecule has 0 spiro atoms. The highest BCUT2D eigenvalue weighted by atomic mass is 35.6. The van der Waals surface area contributed by atoms with E-state index in [0.717, 1.165) is 0 Å². The summed E-state index contributed by atoms with van der Waals surface area (Å²) in [5, 5.41) is 3.38. The average molecular weight is 332 g/mol. The summed E-state index contributed by atoms with van der Waals surface area (Å²) in [5.74, 6) is 0. The first kappa shape index (κ1) is 18.4. The van der Waals surface area contributed by atoms with Crippen molar-refractivity contribution in [2.75, 3.05) is 19.6 Å². The van der Waals surface area contributed by atoms with E-state index in [1.54, 1.807) is 20.8 Å². The Labute approximate surface area is 127 Å². The summed E-state index contributed by atoms with van der Waals surface area (Å²) in [5.41, 5.74) is 7.54. The molecule has 0 aromatic rings. The Morgan fingerprint density at radius 3 is 2.37 bits per heavy atom. The molecule has 0 N–H and O–H groups in total. The predicted molar refractivity (Wildman–Crippen MR) is 76.7 cm³/mol. The van der Waals surface area contributed by atoms with Gasteiger partial charge in [-0.25, -0.2) is 4.79 Å². The minimum absolute atomic E-state index is 0.0944. The molecular formula is C10H17Cl3N4O2. The molecule has 0 heterocycles. The van der Waals surface area contributed by atoms with Crippen molar-refractivity contribution >= 4 is 40.9 Å². The maximum absolute atomic E-state index is 11.9. The molecule has 0 unspecified atom stereocenters. The molecular weight excluding hydrogens is 314 g/mol. The number of hydrogen-bond donors (Lipinski definition) is 0. The van der Waals surface area contributed by atoms with E-state index < -0.39 is 15.5 Å². The third kappa shape index (κ3) is 11.0. The molecule has 0 radical (unpaired) electrons. The fourth-order valence-corrected chi connectivity index (χ4v) is 1.59. The normalized spacial score (nSPS) is 11.7. The van der Waals surface area contributed by atoms with Crippen LogP contribution in [0.1, 0.15) is 27.2 Å². The molecule has 0 rings (SSSR count). The van der Waals surface area contributed by atoms with Crippen molar-refractivity contribution in [2.45, 2.75) is 36.6 Å². The van der Waals surface area contributed by atoms with E-state index in [0.29, 0.717) is 6.42 Å². The van der Waals surface area contributed by atoms with Gasteiger partial charge in [0, 0.05) is 18.0 Å². The third-order valence-corrected chi connectivity index (χ3v) is 2.13. The highest BCUT2D eigenvalue weighted by molar-refractivity contribution is 6.67. The van der Waals surface area contributed by atoms with Gasteiger partial charge in [-0.3, -0.25) is 0 Å². The Hall–Kier alpha value is -0.550. The summed E-state index contributed by atoms with van der Waals surface area (Å²) in [7, 11) is 0. The van der Waals surface area contributed by atoms with Gasteiger partial charge in [0.2, 0.25) is 3.79 Å². The number of halogens is 3. The molecule has 110 valence electrons. The Morgan fingerprint density at radius 2 is 1.95 bits per heavy atom. The highest BCUT2D eigenvalue weighted by Crippen LogP contribution is 2.27. The molecule has 0 aliphatic rings. The molecule has 9 heteroatoms. The van der Waals surface area contributed by atoms with Gasteiger partial charge in [-0.1, -0.05) is 39.9 Å². The lowest BCUT2D eigenvalue weighted by atomic mass is 10.2. The molecule has 0 aromatic carbocycles. The second-order valence-corrected chi connectivity index (χ2v) is 7.34. The molecule has 0 aliphatic heterocycles. The van der Waals surface area contributed by atoms with Crippen molar-refractivity contribution in [1.29, 1.82) is 0 Å². The van der Waals surface area contributed by atoms with Crippen LogP contribution in [-0.2, 0) is 4.74 Å². The lowest BCUT2D eigenvalue weighted by molar-refractivity contribution is 0.0252. The van der Waals surface area contributed by atoms with Gasteiger partial charge in [0.05, 0.1) is 6.54 Å². The highest BCUT2D eigenvalue weighted by Gasteiger charge is 2.29. The van der Waals surface area contributed by atoms with Gasteiger partial charge in [0.1, 0.15) is 5.60 Å². The quantitative estimate of drug-likeness (QED) is 0.247. The molecule has 6 nitrogen and oxygen atoms in total. The van der Waals surface area contributed by atoms with Crippen LogP contribution in [0.3, 0.4) is 0 Å². The number of nitrogens with zero attached hydrogens (tertiary/aromatic N) is 4. The van der Waals surface area contributed by atoms with E-state index >= 15 is 0 Å². The number of azide groups is 1. The number of rotatable bonds is 5. The molecule has 0 aromatic heterocycles. The average Bonchev–Trinajstić information content (AvgIpc) is 2.18. The first-order valence-electron chi connectivity index (χ1n) is 5.61. The van der Waals surface area contributed by atoms with Gasteiger partial charge < -0.3 is 9.64 Å². The minimum atomic E-state index is -1.59. The third-order valence-electron chi connectivity index (χ3n) is 1.77. The van der Waals surface area contributed by atoms with Gasteiger partial charge in [-0.2, -0.15) is 0 Å². The second kappa shape index (κ2) is 7.90. The molecule has 19 heavy (non-hydrogen) atoms. The molecule has 0 fully saturated rings. The zero-order valence-electron chi connectivity index (χ0n) is 11.1. The van der Waals surface area contributed by atoms with Crippen LogP contribution in [0.5, 0.6) is 0 Å². The van der Waals surface area contributed by atoms with E-state index in [1.165, 1.54) is 4.90 Å². The Balaban J connectivity index is 4.57. The van der Waals surface area contributed by atoms with E-state index in [1.807, 2.05) is 0 Å². The van der Waals surface area contributed by atoms with Crippen molar-refractivity contribution in [2.24, 2.45) is 5.11 Å². The molecule has 0 saturated carbocycles. The number of carbonyl (C=O) groups is 1. The summed E-state index contributed by atoms with van der Waals surface area (Å²) >= 11 is 17.0. The van der Waals surface area contributed by atoms with E-state index in [-0.39, 0.29) is 19.6 Å². The predicted octanol–water partition coefficient (Wildman–Crippen LogP) is 4.29. The number of ether oxygens (including phenoxy) is 1. The van der Waals surface area contributed by atoms with E-state index in [4.69, 9.17) is 45.1 Å². The van der Waals surface area contributed by atoms with Crippen LogP contribution in [0.25, 0.3) is 10.4 Å². The SMILES string of the molecule is CC(C)(C)OC(=O)N(CCCN=[N+]=[N-])CC(Cl)(Cl)Cl. The number of amides is 1. The van der Waals surface area contributed by atoms with Crippen molar-refractivity contribution in [3.05, 3.63) is 10.4 Å². The Kier molecular flexibility index (Phi) is 7.67. The van der Waals surface area contributed by atoms with Gasteiger partial charge in [0.25, 0.3) is 0 Å². The smallest absolute Gasteiger partial charge is 0.410 e. The van der Waals surface area contributed by atoms with Crippen LogP contribution in [0, 0.1) is 0 Å². The first-order valence-corrected chi connectivity index (χ1v) is 6.74. The number of hydrogen-bond acceptors (Lipinski definition) is 3. The van der Waals surface area contributed by atoms with Gasteiger partial charge >= 0.3 is 6.09 Å². The molecule has 1 amide bonds. The van der Waals surface area contributed by atoms with Crippen molar-refractivity contribution in [1.82, 2.24) is 4.90 Å².